The normalized spacial score (nSPS) is 18.0. The maximum absolute atomic E-state index is 13.1. The van der Waals surface area contributed by atoms with Gasteiger partial charge in [-0.15, -0.1) is 24.8 Å². The molecular formula is C27H38Cl2N4O4. The van der Waals surface area contributed by atoms with E-state index in [0.717, 1.165) is 44.5 Å². The second-order valence-electron chi connectivity index (χ2n) is 9.50. The van der Waals surface area contributed by atoms with E-state index in [1.807, 2.05) is 24.0 Å². The average Bonchev–Trinajstić information content (AvgIpc) is 2.88. The molecule has 1 aromatic heterocycles. The van der Waals surface area contributed by atoms with Crippen molar-refractivity contribution in [3.8, 4) is 5.75 Å². The first-order valence-electron chi connectivity index (χ1n) is 12.6. The van der Waals surface area contributed by atoms with E-state index < -0.39 is 6.10 Å². The molecule has 2 amide bonds. The number of hydrogen-bond acceptors (Lipinski definition) is 6. The molecule has 1 unspecified atom stereocenters. The predicted molar refractivity (Wildman–Crippen MR) is 148 cm³/mol. The summed E-state index contributed by atoms with van der Waals surface area (Å²) in [5.41, 5.74) is 3.75. The summed E-state index contributed by atoms with van der Waals surface area (Å²) in [6.45, 7) is 6.29. The van der Waals surface area contributed by atoms with E-state index in [1.165, 1.54) is 11.1 Å². The predicted octanol–water partition coefficient (Wildman–Crippen LogP) is 2.93. The highest BCUT2D eigenvalue weighted by atomic mass is 35.5. The number of aromatic nitrogens is 1. The zero-order chi connectivity index (χ0) is 24.8. The fourth-order valence-electron chi connectivity index (χ4n) is 4.98. The molecule has 3 N–H and O–H groups in total. The number of aliphatic hydroxyl groups excluding tert-OH is 1. The van der Waals surface area contributed by atoms with Gasteiger partial charge in [-0.1, -0.05) is 24.3 Å². The van der Waals surface area contributed by atoms with Crippen molar-refractivity contribution in [2.24, 2.45) is 5.92 Å². The van der Waals surface area contributed by atoms with Gasteiger partial charge in [-0.05, 0) is 55.7 Å². The van der Waals surface area contributed by atoms with Crippen LogP contribution in [-0.2, 0) is 24.2 Å². The lowest BCUT2D eigenvalue weighted by molar-refractivity contribution is -0.130. The van der Waals surface area contributed by atoms with Crippen molar-refractivity contribution in [3.63, 3.8) is 0 Å². The van der Waals surface area contributed by atoms with E-state index in [-0.39, 0.29) is 49.2 Å². The Labute approximate surface area is 231 Å². The molecule has 10 heteroatoms. The number of aliphatic hydroxyl groups is 1. The number of pyridine rings is 1. The Morgan fingerprint density at radius 3 is 2.59 bits per heavy atom. The van der Waals surface area contributed by atoms with Gasteiger partial charge in [0.25, 0.3) is 5.91 Å². The first-order chi connectivity index (χ1) is 16.9. The summed E-state index contributed by atoms with van der Waals surface area (Å²) in [6.07, 6.45) is 4.25. The fourth-order valence-corrected chi connectivity index (χ4v) is 4.98. The van der Waals surface area contributed by atoms with Crippen LogP contribution in [0.2, 0.25) is 0 Å². The third kappa shape index (κ3) is 8.04. The second kappa shape index (κ2) is 14.5. The average molecular weight is 554 g/mol. The van der Waals surface area contributed by atoms with Crippen molar-refractivity contribution in [3.05, 3.63) is 58.9 Å². The number of fused-ring (bicyclic) bond motifs is 1. The lowest BCUT2D eigenvalue weighted by Gasteiger charge is -2.31. The van der Waals surface area contributed by atoms with Crippen LogP contribution in [0.3, 0.4) is 0 Å². The largest absolute Gasteiger partial charge is 0.491 e. The van der Waals surface area contributed by atoms with Crippen molar-refractivity contribution in [2.45, 2.75) is 58.2 Å². The number of piperidine rings is 1. The maximum Gasteiger partial charge on any atom is 0.255 e. The van der Waals surface area contributed by atoms with Gasteiger partial charge in [0.1, 0.15) is 5.75 Å². The summed E-state index contributed by atoms with van der Waals surface area (Å²) in [5.74, 6) is 0.712. The number of nitrogens with one attached hydrogen (secondary N) is 2. The van der Waals surface area contributed by atoms with Gasteiger partial charge >= 0.3 is 0 Å². The van der Waals surface area contributed by atoms with Crippen molar-refractivity contribution >= 4 is 36.6 Å². The van der Waals surface area contributed by atoms with Crippen molar-refractivity contribution < 1.29 is 19.4 Å². The van der Waals surface area contributed by atoms with E-state index in [1.54, 1.807) is 19.2 Å². The maximum atomic E-state index is 13.1. The number of ether oxygens (including phenoxy) is 1. The molecule has 8 nitrogen and oxygen atoms in total. The third-order valence-corrected chi connectivity index (χ3v) is 7.08. The number of amides is 2. The van der Waals surface area contributed by atoms with Gasteiger partial charge in [0, 0.05) is 44.8 Å². The summed E-state index contributed by atoms with van der Waals surface area (Å²) in [4.78, 5) is 31.1. The fraction of sp³-hybridized carbons (Fsp3) is 0.519. The van der Waals surface area contributed by atoms with Gasteiger partial charge in [-0.2, -0.15) is 0 Å². The van der Waals surface area contributed by atoms with Crippen LogP contribution in [0.4, 0.5) is 0 Å². The number of halogens is 2. The Morgan fingerprint density at radius 1 is 1.22 bits per heavy atom. The molecule has 1 aromatic carbocycles. The number of rotatable bonds is 8. The number of hydrogen-bond donors (Lipinski definition) is 3. The molecule has 2 aromatic rings. The smallest absolute Gasteiger partial charge is 0.255 e. The monoisotopic (exact) mass is 552 g/mol. The standard InChI is InChI=1S/C27H36N4O4.2ClH/c1-3-35-26-17-28-22(12-19-8-10-31(11-9-19)18(2)32)14-23(26)27(34)30-16-25(33)24-13-20-6-4-5-7-21(20)15-29-24;;/h4-7,14,17,19,24-25,29,33H,3,8-13,15-16H2,1-2H3,(H,30,34);2*1H/t24-,25?;;/m0../s1. The molecule has 0 radical (unpaired) electrons. The summed E-state index contributed by atoms with van der Waals surface area (Å²) < 4.78 is 5.66. The Balaban J connectivity index is 0.00000241. The van der Waals surface area contributed by atoms with E-state index in [9.17, 15) is 14.7 Å². The Kier molecular flexibility index (Phi) is 12.1. The molecule has 2 aliphatic rings. The molecule has 3 heterocycles. The highest BCUT2D eigenvalue weighted by Crippen LogP contribution is 2.24. The zero-order valence-electron chi connectivity index (χ0n) is 21.4. The van der Waals surface area contributed by atoms with E-state index in [2.05, 4.69) is 27.8 Å². The highest BCUT2D eigenvalue weighted by molar-refractivity contribution is 5.97. The van der Waals surface area contributed by atoms with E-state index in [4.69, 9.17) is 4.74 Å². The van der Waals surface area contributed by atoms with Gasteiger partial charge in [-0.25, -0.2) is 0 Å². The molecule has 0 aliphatic carbocycles. The van der Waals surface area contributed by atoms with E-state index in [0.29, 0.717) is 30.4 Å². The number of nitrogens with zero attached hydrogens (tertiary/aromatic N) is 2. The summed E-state index contributed by atoms with van der Waals surface area (Å²) >= 11 is 0. The molecule has 2 aliphatic heterocycles. The summed E-state index contributed by atoms with van der Waals surface area (Å²) in [7, 11) is 0. The van der Waals surface area contributed by atoms with Gasteiger partial charge < -0.3 is 25.4 Å². The third-order valence-electron chi connectivity index (χ3n) is 7.08. The Bertz CT molecular complexity index is 1050. The first kappa shape index (κ1) is 30.8. The van der Waals surface area contributed by atoms with Crippen molar-refractivity contribution in [1.82, 2.24) is 20.5 Å². The van der Waals surface area contributed by atoms with Crippen LogP contribution in [0.25, 0.3) is 0 Å². The SMILES string of the molecule is CCOc1cnc(CC2CCN(C(C)=O)CC2)cc1C(=O)NCC(O)[C@@H]1Cc2ccccc2CN1.Cl.Cl. The molecule has 37 heavy (non-hydrogen) atoms. The number of likely N-dealkylation sites (tertiary alicyclic amines) is 1. The van der Waals surface area contributed by atoms with Crippen LogP contribution in [0.15, 0.2) is 36.5 Å². The highest BCUT2D eigenvalue weighted by Gasteiger charge is 2.26. The quantitative estimate of drug-likeness (QED) is 0.465. The molecule has 204 valence electrons. The van der Waals surface area contributed by atoms with Gasteiger partial charge in [-0.3, -0.25) is 14.6 Å². The van der Waals surface area contributed by atoms with Crippen LogP contribution in [0.1, 0.15) is 53.9 Å². The lowest BCUT2D eigenvalue weighted by Crippen LogP contribution is -2.49. The molecular weight excluding hydrogens is 515 g/mol. The van der Waals surface area contributed by atoms with Gasteiger partial charge in [0.2, 0.25) is 5.91 Å². The van der Waals surface area contributed by atoms with Gasteiger partial charge in [0.15, 0.2) is 0 Å². The summed E-state index contributed by atoms with van der Waals surface area (Å²) in [5, 5.41) is 17.0. The Morgan fingerprint density at radius 2 is 1.92 bits per heavy atom. The molecule has 1 saturated heterocycles. The van der Waals surface area contributed by atoms with Crippen LogP contribution >= 0.6 is 24.8 Å². The topological polar surface area (TPSA) is 104 Å². The van der Waals surface area contributed by atoms with Crippen LogP contribution in [0.5, 0.6) is 5.75 Å². The van der Waals surface area contributed by atoms with E-state index >= 15 is 0 Å². The molecule has 2 atom stereocenters. The van der Waals surface area contributed by atoms with Crippen molar-refractivity contribution in [2.75, 3.05) is 26.2 Å². The van der Waals surface area contributed by atoms with Crippen LogP contribution in [-0.4, -0.2) is 65.2 Å². The van der Waals surface area contributed by atoms with Crippen molar-refractivity contribution in [1.29, 1.82) is 0 Å². The molecule has 0 spiro atoms. The lowest BCUT2D eigenvalue weighted by atomic mass is 9.91. The Hall–Kier alpha value is -2.39. The molecule has 1 fully saturated rings. The summed E-state index contributed by atoms with van der Waals surface area (Å²) in [6, 6.07) is 9.90. The molecule has 4 rings (SSSR count). The van der Waals surface area contributed by atoms with Crippen LogP contribution in [0, 0.1) is 5.92 Å². The second-order valence-corrected chi connectivity index (χ2v) is 9.50. The molecule has 0 saturated carbocycles. The first-order valence-corrected chi connectivity index (χ1v) is 12.6. The minimum atomic E-state index is -0.712. The van der Waals surface area contributed by atoms with Crippen LogP contribution < -0.4 is 15.4 Å². The number of benzene rings is 1. The molecule has 0 bridgehead atoms. The minimum absolute atomic E-state index is 0. The number of carbonyl (C=O) groups excluding carboxylic acids is 2. The number of carbonyl (C=O) groups is 2. The zero-order valence-corrected chi connectivity index (χ0v) is 23.1. The minimum Gasteiger partial charge on any atom is -0.491 e. The van der Waals surface area contributed by atoms with Gasteiger partial charge in [0.05, 0.1) is 24.5 Å².